The maximum absolute atomic E-state index is 12.1. The largest absolute Gasteiger partial charge is 0.325 e. The van der Waals surface area contributed by atoms with Gasteiger partial charge in [-0.2, -0.15) is 0 Å². The van der Waals surface area contributed by atoms with Crippen molar-refractivity contribution < 1.29 is 4.79 Å². The Bertz CT molecular complexity index is 443. The van der Waals surface area contributed by atoms with Crippen LogP contribution in [0, 0.1) is 5.92 Å². The number of amides is 1. The van der Waals surface area contributed by atoms with Gasteiger partial charge in [-0.1, -0.05) is 46.2 Å². The van der Waals surface area contributed by atoms with Crippen LogP contribution in [0.2, 0.25) is 0 Å². The highest BCUT2D eigenvalue weighted by Gasteiger charge is 2.19. The Labute approximate surface area is 128 Å². The van der Waals surface area contributed by atoms with E-state index in [2.05, 4.69) is 30.1 Å². The molecule has 0 spiro atoms. The number of hydrogen-bond acceptors (Lipinski definition) is 3. The summed E-state index contributed by atoms with van der Waals surface area (Å²) in [5.41, 5.74) is 7.99. The molecule has 21 heavy (non-hydrogen) atoms. The highest BCUT2D eigenvalue weighted by Crippen LogP contribution is 2.14. The van der Waals surface area contributed by atoms with E-state index in [9.17, 15) is 4.79 Å². The third-order valence-electron chi connectivity index (χ3n) is 4.05. The topological polar surface area (TPSA) is 58.4 Å². The molecule has 1 unspecified atom stereocenters. The number of anilines is 1. The second-order valence-corrected chi connectivity index (χ2v) is 5.56. The molecular weight excluding hydrogens is 262 g/mol. The van der Waals surface area contributed by atoms with Crippen molar-refractivity contribution in [2.45, 2.75) is 46.7 Å². The van der Waals surface area contributed by atoms with E-state index < -0.39 is 6.04 Å². The van der Waals surface area contributed by atoms with E-state index in [-0.39, 0.29) is 11.8 Å². The molecule has 0 bridgehead atoms. The summed E-state index contributed by atoms with van der Waals surface area (Å²) in [5, 5.41) is 2.92. The smallest absolute Gasteiger partial charge is 0.241 e. The molecule has 0 saturated heterocycles. The van der Waals surface area contributed by atoms with Crippen LogP contribution in [0.4, 0.5) is 5.69 Å². The van der Waals surface area contributed by atoms with Crippen molar-refractivity contribution in [1.82, 2.24) is 4.90 Å². The molecule has 118 valence electrons. The van der Waals surface area contributed by atoms with E-state index in [1.165, 1.54) is 5.56 Å². The van der Waals surface area contributed by atoms with Gasteiger partial charge < -0.3 is 11.1 Å². The fourth-order valence-corrected chi connectivity index (χ4v) is 2.19. The number of carbonyl (C=O) groups is 1. The van der Waals surface area contributed by atoms with Crippen LogP contribution in [-0.4, -0.2) is 29.9 Å². The molecule has 4 nitrogen and oxygen atoms in total. The summed E-state index contributed by atoms with van der Waals surface area (Å²) < 4.78 is 0. The van der Waals surface area contributed by atoms with Crippen molar-refractivity contribution in [3.63, 3.8) is 0 Å². The Morgan fingerprint density at radius 2 is 1.95 bits per heavy atom. The summed E-state index contributed by atoms with van der Waals surface area (Å²) >= 11 is 0. The first-order valence-electron chi connectivity index (χ1n) is 7.89. The molecule has 0 saturated carbocycles. The minimum atomic E-state index is -0.457. The number of hydrogen-bond donors (Lipinski definition) is 2. The number of nitrogens with one attached hydrogen (secondary N) is 1. The molecule has 0 radical (unpaired) electrons. The van der Waals surface area contributed by atoms with Gasteiger partial charge in [-0.05, 0) is 36.7 Å². The van der Waals surface area contributed by atoms with Gasteiger partial charge in [0.25, 0.3) is 0 Å². The van der Waals surface area contributed by atoms with Gasteiger partial charge in [0, 0.05) is 12.2 Å². The lowest BCUT2D eigenvalue weighted by atomic mass is 9.99. The lowest BCUT2D eigenvalue weighted by molar-refractivity contribution is -0.118. The van der Waals surface area contributed by atoms with Gasteiger partial charge >= 0.3 is 0 Å². The number of benzene rings is 1. The van der Waals surface area contributed by atoms with Crippen LogP contribution in [0.3, 0.4) is 0 Å². The molecule has 2 atom stereocenters. The number of rotatable bonds is 8. The van der Waals surface area contributed by atoms with Gasteiger partial charge in [0.05, 0.1) is 6.04 Å². The maximum atomic E-state index is 12.1. The molecule has 1 aromatic rings. The van der Waals surface area contributed by atoms with Gasteiger partial charge in [0.2, 0.25) is 5.91 Å². The van der Waals surface area contributed by atoms with E-state index >= 15 is 0 Å². The highest BCUT2D eigenvalue weighted by molar-refractivity contribution is 5.94. The Morgan fingerprint density at radius 3 is 2.52 bits per heavy atom. The zero-order valence-electron chi connectivity index (χ0n) is 13.7. The summed E-state index contributed by atoms with van der Waals surface area (Å²) in [4.78, 5) is 14.5. The van der Waals surface area contributed by atoms with Crippen LogP contribution in [0.25, 0.3) is 0 Å². The van der Waals surface area contributed by atoms with Gasteiger partial charge in [-0.15, -0.1) is 0 Å². The van der Waals surface area contributed by atoms with Crippen molar-refractivity contribution in [3.8, 4) is 0 Å². The zero-order valence-corrected chi connectivity index (χ0v) is 13.7. The SMILES string of the molecule is CCC(C)[C@H](N)C(=O)Nc1cccc(CN(CC)CC)c1. The highest BCUT2D eigenvalue weighted by atomic mass is 16.2. The Kier molecular flexibility index (Phi) is 7.40. The summed E-state index contributed by atoms with van der Waals surface area (Å²) in [5.74, 6) is 0.0770. The van der Waals surface area contributed by atoms with Gasteiger partial charge in [-0.25, -0.2) is 0 Å². The van der Waals surface area contributed by atoms with Crippen molar-refractivity contribution >= 4 is 11.6 Å². The van der Waals surface area contributed by atoms with E-state index in [4.69, 9.17) is 5.73 Å². The molecule has 0 aliphatic heterocycles. The minimum Gasteiger partial charge on any atom is -0.325 e. The predicted octanol–water partition coefficient (Wildman–Crippen LogP) is 2.84. The molecular formula is C17H29N3O. The predicted molar refractivity (Wildman–Crippen MR) is 89.1 cm³/mol. The van der Waals surface area contributed by atoms with E-state index in [0.717, 1.165) is 31.7 Å². The van der Waals surface area contributed by atoms with Crippen molar-refractivity contribution in [1.29, 1.82) is 0 Å². The third kappa shape index (κ3) is 5.48. The van der Waals surface area contributed by atoms with Gasteiger partial charge in [-0.3, -0.25) is 9.69 Å². The van der Waals surface area contributed by atoms with Crippen molar-refractivity contribution in [2.24, 2.45) is 11.7 Å². The fraction of sp³-hybridized carbons (Fsp3) is 0.588. The molecule has 1 rings (SSSR count). The molecule has 0 aromatic heterocycles. The van der Waals surface area contributed by atoms with Crippen LogP contribution in [-0.2, 0) is 11.3 Å². The summed E-state index contributed by atoms with van der Waals surface area (Å²) in [6, 6.07) is 7.54. The Hall–Kier alpha value is -1.39. The molecule has 4 heteroatoms. The molecule has 0 aliphatic carbocycles. The van der Waals surface area contributed by atoms with Crippen LogP contribution in [0.5, 0.6) is 0 Å². The fourth-order valence-electron chi connectivity index (χ4n) is 2.19. The number of carbonyl (C=O) groups excluding carboxylic acids is 1. The van der Waals surface area contributed by atoms with E-state index in [0.29, 0.717) is 0 Å². The normalized spacial score (nSPS) is 14.0. The lowest BCUT2D eigenvalue weighted by Gasteiger charge is -2.20. The van der Waals surface area contributed by atoms with E-state index in [1.54, 1.807) is 0 Å². The number of nitrogens with two attached hydrogens (primary N) is 1. The quantitative estimate of drug-likeness (QED) is 0.774. The lowest BCUT2D eigenvalue weighted by Crippen LogP contribution is -2.40. The second-order valence-electron chi connectivity index (χ2n) is 5.56. The van der Waals surface area contributed by atoms with Gasteiger partial charge in [0.1, 0.15) is 0 Å². The first kappa shape index (κ1) is 17.7. The summed E-state index contributed by atoms with van der Waals surface area (Å²) in [7, 11) is 0. The molecule has 1 aromatic carbocycles. The maximum Gasteiger partial charge on any atom is 0.241 e. The Morgan fingerprint density at radius 1 is 1.29 bits per heavy atom. The minimum absolute atomic E-state index is 0.107. The average molecular weight is 291 g/mol. The van der Waals surface area contributed by atoms with Gasteiger partial charge in [0.15, 0.2) is 0 Å². The first-order chi connectivity index (χ1) is 10.0. The van der Waals surface area contributed by atoms with Crippen molar-refractivity contribution in [2.75, 3.05) is 18.4 Å². The molecule has 0 fully saturated rings. The van der Waals surface area contributed by atoms with E-state index in [1.807, 2.05) is 32.0 Å². The number of nitrogens with zero attached hydrogens (tertiary/aromatic N) is 1. The summed E-state index contributed by atoms with van der Waals surface area (Å²) in [6.07, 6.45) is 0.899. The monoisotopic (exact) mass is 291 g/mol. The molecule has 3 N–H and O–H groups in total. The molecule has 0 aliphatic rings. The second kappa shape index (κ2) is 8.80. The first-order valence-corrected chi connectivity index (χ1v) is 7.89. The van der Waals surface area contributed by atoms with Crippen LogP contribution < -0.4 is 11.1 Å². The van der Waals surface area contributed by atoms with Crippen molar-refractivity contribution in [3.05, 3.63) is 29.8 Å². The van der Waals surface area contributed by atoms with Crippen LogP contribution in [0.15, 0.2) is 24.3 Å². The third-order valence-corrected chi connectivity index (χ3v) is 4.05. The standard InChI is InChI=1S/C17H29N3O/c1-5-13(4)16(18)17(21)19-15-10-8-9-14(11-15)12-20(6-2)7-3/h8-11,13,16H,5-7,12,18H2,1-4H3,(H,19,21)/t13?,16-/m0/s1. The Balaban J connectivity index is 2.70. The average Bonchev–Trinajstić information content (AvgIpc) is 2.51. The molecule has 0 heterocycles. The van der Waals surface area contributed by atoms with Crippen LogP contribution in [0.1, 0.15) is 39.7 Å². The zero-order chi connectivity index (χ0) is 15.8. The summed E-state index contributed by atoms with van der Waals surface area (Å²) in [6.45, 7) is 11.3. The molecule has 1 amide bonds. The van der Waals surface area contributed by atoms with Crippen LogP contribution >= 0.6 is 0 Å².